The maximum atomic E-state index is 13.6. The molecule has 1 saturated heterocycles. The average Bonchev–Trinajstić information content (AvgIpc) is 3.36. The van der Waals surface area contributed by atoms with Gasteiger partial charge in [0.1, 0.15) is 17.1 Å². The van der Waals surface area contributed by atoms with E-state index in [1.165, 1.54) is 10.7 Å². The van der Waals surface area contributed by atoms with Gasteiger partial charge in [-0.15, -0.1) is 0 Å². The summed E-state index contributed by atoms with van der Waals surface area (Å²) in [5.41, 5.74) is 6.88. The molecule has 3 aromatic heterocycles. The third-order valence-electron chi connectivity index (χ3n) is 5.82. The Morgan fingerprint density at radius 3 is 2.78 bits per heavy atom. The van der Waals surface area contributed by atoms with Crippen LogP contribution in [0.25, 0.3) is 11.2 Å². The Bertz CT molecular complexity index is 1420. The van der Waals surface area contributed by atoms with E-state index in [0.29, 0.717) is 40.0 Å². The minimum atomic E-state index is -0.324. The molecule has 32 heavy (non-hydrogen) atoms. The smallest absolute Gasteiger partial charge is 0.284 e. The molecule has 0 amide bonds. The lowest BCUT2D eigenvalue weighted by Gasteiger charge is -2.29. The van der Waals surface area contributed by atoms with Crippen LogP contribution in [-0.4, -0.2) is 30.7 Å². The highest BCUT2D eigenvalue weighted by molar-refractivity contribution is 6.33. The van der Waals surface area contributed by atoms with Crippen LogP contribution in [0.5, 0.6) is 0 Å². The Morgan fingerprint density at radius 1 is 1.25 bits per heavy atom. The third kappa shape index (κ3) is 3.08. The summed E-state index contributed by atoms with van der Waals surface area (Å²) in [5, 5.41) is 14.8. The summed E-state index contributed by atoms with van der Waals surface area (Å²) >= 11 is 6.31. The molecule has 0 aliphatic carbocycles. The van der Waals surface area contributed by atoms with Crippen molar-refractivity contribution in [3.63, 3.8) is 0 Å². The van der Waals surface area contributed by atoms with Crippen LogP contribution in [0.2, 0.25) is 5.02 Å². The molecule has 0 bridgehead atoms. The number of para-hydroxylation sites is 1. The lowest BCUT2D eigenvalue weighted by Crippen LogP contribution is -2.35. The molecule has 10 heteroatoms. The number of hydrogen-bond donors (Lipinski definition) is 1. The van der Waals surface area contributed by atoms with Gasteiger partial charge in [-0.05, 0) is 30.5 Å². The molecule has 160 valence electrons. The minimum Gasteiger partial charge on any atom is -0.368 e. The molecule has 4 aromatic rings. The quantitative estimate of drug-likeness (QED) is 0.513. The highest BCUT2D eigenvalue weighted by Crippen LogP contribution is 2.40. The van der Waals surface area contributed by atoms with Crippen molar-refractivity contribution in [2.24, 2.45) is 5.92 Å². The Hall–Kier alpha value is -3.90. The summed E-state index contributed by atoms with van der Waals surface area (Å²) in [5.74, 6) is 1.18. The van der Waals surface area contributed by atoms with Crippen LogP contribution < -0.4 is 16.2 Å². The van der Waals surface area contributed by atoms with E-state index in [0.717, 1.165) is 6.42 Å². The lowest BCUT2D eigenvalue weighted by atomic mass is 10.0. The fourth-order valence-corrected chi connectivity index (χ4v) is 4.55. The highest BCUT2D eigenvalue weighted by atomic mass is 35.5. The van der Waals surface area contributed by atoms with Crippen molar-refractivity contribution < 1.29 is 0 Å². The highest BCUT2D eigenvalue weighted by Gasteiger charge is 2.38. The normalized spacial score (nSPS) is 18.2. The Balaban J connectivity index is 1.79. The molecule has 0 saturated carbocycles. The van der Waals surface area contributed by atoms with Crippen LogP contribution >= 0.6 is 11.6 Å². The summed E-state index contributed by atoms with van der Waals surface area (Å²) in [6, 6.07) is 12.8. The molecular weight excluding hydrogens is 428 g/mol. The number of aromatic nitrogens is 5. The number of halogens is 1. The van der Waals surface area contributed by atoms with Crippen LogP contribution in [0.4, 0.5) is 11.8 Å². The van der Waals surface area contributed by atoms with Gasteiger partial charge in [0.15, 0.2) is 11.6 Å². The van der Waals surface area contributed by atoms with Gasteiger partial charge in [-0.2, -0.15) is 15.3 Å². The summed E-state index contributed by atoms with van der Waals surface area (Å²) in [4.78, 5) is 23.9. The van der Waals surface area contributed by atoms with E-state index < -0.39 is 0 Å². The molecule has 4 heterocycles. The van der Waals surface area contributed by atoms with Gasteiger partial charge < -0.3 is 10.6 Å². The fourth-order valence-electron chi connectivity index (χ4n) is 4.33. The van der Waals surface area contributed by atoms with Crippen molar-refractivity contribution in [3.8, 4) is 11.8 Å². The van der Waals surface area contributed by atoms with Crippen molar-refractivity contribution in [1.82, 2.24) is 24.1 Å². The predicted octanol–water partition coefficient (Wildman–Crippen LogP) is 2.97. The van der Waals surface area contributed by atoms with Gasteiger partial charge in [-0.3, -0.25) is 9.36 Å². The minimum absolute atomic E-state index is 0.0818. The van der Waals surface area contributed by atoms with Gasteiger partial charge >= 0.3 is 0 Å². The van der Waals surface area contributed by atoms with Gasteiger partial charge in [-0.25, -0.2) is 9.50 Å². The first-order valence-electron chi connectivity index (χ1n) is 10.1. The number of benzene rings is 1. The summed E-state index contributed by atoms with van der Waals surface area (Å²) < 4.78 is 3.11. The molecule has 2 N–H and O–H groups in total. The standard InChI is InChI=1S/C22H19ClN8O/c1-13-7-9-29(19-14(11-24)12-26-22(25)27-19)17(13)20-28-30-10-8-16(23)18(30)21(32)31(20)15-5-3-2-4-6-15/h2-6,8,10,12-13,17H,7,9H2,1H3,(H2,25,26,27)/t13-,17?/m0/s1. The molecule has 1 aliphatic heterocycles. The lowest BCUT2D eigenvalue weighted by molar-refractivity contribution is 0.484. The molecule has 1 aliphatic rings. The zero-order valence-electron chi connectivity index (χ0n) is 17.2. The third-order valence-corrected chi connectivity index (χ3v) is 6.13. The van der Waals surface area contributed by atoms with Gasteiger partial charge in [0.05, 0.1) is 22.9 Å². The summed E-state index contributed by atoms with van der Waals surface area (Å²) in [6.45, 7) is 2.72. The van der Waals surface area contributed by atoms with Crippen LogP contribution in [0.3, 0.4) is 0 Å². The topological polar surface area (TPSA) is 118 Å². The molecule has 1 unspecified atom stereocenters. The second-order valence-electron chi connectivity index (χ2n) is 7.77. The van der Waals surface area contributed by atoms with Crippen molar-refractivity contribution in [2.75, 3.05) is 17.2 Å². The van der Waals surface area contributed by atoms with Gasteiger partial charge in [0.25, 0.3) is 5.56 Å². The van der Waals surface area contributed by atoms with Gasteiger partial charge in [0.2, 0.25) is 5.95 Å². The Labute approximate surface area is 188 Å². The average molecular weight is 447 g/mol. The van der Waals surface area contributed by atoms with E-state index in [-0.39, 0.29) is 23.5 Å². The van der Waals surface area contributed by atoms with Gasteiger partial charge in [-0.1, -0.05) is 36.7 Å². The molecule has 0 radical (unpaired) electrons. The molecule has 1 fully saturated rings. The maximum Gasteiger partial charge on any atom is 0.284 e. The first-order valence-corrected chi connectivity index (χ1v) is 10.5. The first kappa shape index (κ1) is 20.0. The number of nitrogen functional groups attached to an aromatic ring is 1. The second kappa shape index (κ2) is 7.66. The van der Waals surface area contributed by atoms with Crippen LogP contribution in [-0.2, 0) is 0 Å². The number of nitrogens with two attached hydrogens (primary N) is 1. The number of fused-ring (bicyclic) bond motifs is 1. The number of hydrogen-bond acceptors (Lipinski definition) is 7. The largest absolute Gasteiger partial charge is 0.368 e. The number of anilines is 2. The number of rotatable bonds is 3. The molecule has 9 nitrogen and oxygen atoms in total. The van der Waals surface area contributed by atoms with Crippen LogP contribution in [0.1, 0.15) is 30.8 Å². The van der Waals surface area contributed by atoms with Crippen molar-refractivity contribution in [1.29, 1.82) is 5.26 Å². The second-order valence-corrected chi connectivity index (χ2v) is 8.18. The number of nitrogens with zero attached hydrogens (tertiary/aromatic N) is 7. The maximum absolute atomic E-state index is 13.6. The zero-order valence-corrected chi connectivity index (χ0v) is 17.9. The van der Waals surface area contributed by atoms with Crippen LogP contribution in [0, 0.1) is 17.2 Å². The van der Waals surface area contributed by atoms with E-state index in [4.69, 9.17) is 22.4 Å². The molecule has 5 rings (SSSR count). The van der Waals surface area contributed by atoms with E-state index in [1.54, 1.807) is 16.8 Å². The Morgan fingerprint density at radius 2 is 2.03 bits per heavy atom. The number of nitriles is 1. The molecule has 2 atom stereocenters. The summed E-state index contributed by atoms with van der Waals surface area (Å²) in [6.07, 6.45) is 3.92. The predicted molar refractivity (Wildman–Crippen MR) is 121 cm³/mol. The molecule has 1 aromatic carbocycles. The Kier molecular flexibility index (Phi) is 4.79. The van der Waals surface area contributed by atoms with Crippen molar-refractivity contribution in [2.45, 2.75) is 19.4 Å². The van der Waals surface area contributed by atoms with E-state index in [9.17, 15) is 10.1 Å². The monoisotopic (exact) mass is 446 g/mol. The molecular formula is C22H19ClN8O. The molecule has 0 spiro atoms. The van der Waals surface area contributed by atoms with E-state index >= 15 is 0 Å². The summed E-state index contributed by atoms with van der Waals surface area (Å²) in [7, 11) is 0. The van der Waals surface area contributed by atoms with Crippen molar-refractivity contribution in [3.05, 3.63) is 75.6 Å². The zero-order chi connectivity index (χ0) is 22.4. The van der Waals surface area contributed by atoms with Crippen molar-refractivity contribution >= 4 is 28.9 Å². The SMILES string of the molecule is C[C@H]1CCN(c2nc(N)ncc2C#N)C1c1nn2ccc(Cl)c2c(=O)n1-c1ccccc1. The first-order chi connectivity index (χ1) is 15.5. The van der Waals surface area contributed by atoms with Crippen LogP contribution in [0.15, 0.2) is 53.6 Å². The van der Waals surface area contributed by atoms with E-state index in [2.05, 4.69) is 23.0 Å². The van der Waals surface area contributed by atoms with E-state index in [1.807, 2.05) is 35.2 Å². The fraction of sp³-hybridized carbons (Fsp3) is 0.227. The van der Waals surface area contributed by atoms with Gasteiger partial charge in [0, 0.05) is 12.7 Å².